The predicted octanol–water partition coefficient (Wildman–Crippen LogP) is 2.96. The number of hydrogen-bond donors (Lipinski definition) is 1. The van der Waals surface area contributed by atoms with Crippen molar-refractivity contribution >= 4 is 18.4 Å². The predicted molar refractivity (Wildman–Crippen MR) is 82.8 cm³/mol. The molecule has 0 unspecified atom stereocenters. The molecule has 1 atom stereocenters. The maximum atomic E-state index is 13.7. The highest BCUT2D eigenvalue weighted by Crippen LogP contribution is 2.22. The summed E-state index contributed by atoms with van der Waals surface area (Å²) in [5.74, 6) is -0.699. The van der Waals surface area contributed by atoms with Gasteiger partial charge in [0.05, 0.1) is 7.11 Å². The number of hydrogen-bond acceptors (Lipinski definition) is 3. The van der Waals surface area contributed by atoms with Gasteiger partial charge in [0, 0.05) is 5.56 Å². The van der Waals surface area contributed by atoms with Crippen molar-refractivity contribution in [1.82, 2.24) is 0 Å². The molecule has 0 saturated heterocycles. The lowest BCUT2D eigenvalue weighted by Crippen LogP contribution is -2.33. The van der Waals surface area contributed by atoms with Gasteiger partial charge in [0.1, 0.15) is 11.9 Å². The van der Waals surface area contributed by atoms with Crippen LogP contribution in [0.25, 0.3) is 11.1 Å². The molecule has 0 aliphatic heterocycles. The van der Waals surface area contributed by atoms with E-state index >= 15 is 0 Å². The molecule has 2 aromatic rings. The third-order valence-corrected chi connectivity index (χ3v) is 3.10. The van der Waals surface area contributed by atoms with Crippen LogP contribution >= 0.6 is 12.4 Å². The Balaban J connectivity index is 0.00000220. The van der Waals surface area contributed by atoms with E-state index in [1.54, 1.807) is 18.2 Å². The van der Waals surface area contributed by atoms with Gasteiger partial charge in [-0.15, -0.1) is 12.4 Å². The zero-order valence-electron chi connectivity index (χ0n) is 11.6. The Bertz CT molecular complexity index is 601. The third kappa shape index (κ3) is 4.28. The Morgan fingerprint density at radius 3 is 2.38 bits per heavy atom. The number of carbonyl (C=O) groups is 1. The lowest BCUT2D eigenvalue weighted by atomic mass is 10.0. The van der Waals surface area contributed by atoms with E-state index in [9.17, 15) is 9.18 Å². The van der Waals surface area contributed by atoms with Crippen LogP contribution in [0.4, 0.5) is 4.39 Å². The molecule has 2 N–H and O–H groups in total. The van der Waals surface area contributed by atoms with Crippen molar-refractivity contribution < 1.29 is 13.9 Å². The first-order valence-corrected chi connectivity index (χ1v) is 6.29. The summed E-state index contributed by atoms with van der Waals surface area (Å²) in [7, 11) is 1.31. The minimum atomic E-state index is -0.681. The quantitative estimate of drug-likeness (QED) is 0.883. The second-order valence-corrected chi connectivity index (χ2v) is 4.51. The minimum absolute atomic E-state index is 0. The molecule has 0 spiro atoms. The topological polar surface area (TPSA) is 52.3 Å². The summed E-state index contributed by atoms with van der Waals surface area (Å²) in [5, 5.41) is 0. The minimum Gasteiger partial charge on any atom is -0.468 e. The maximum absolute atomic E-state index is 13.7. The van der Waals surface area contributed by atoms with Gasteiger partial charge in [-0.25, -0.2) is 4.39 Å². The number of methoxy groups -OCH3 is 1. The number of halogens is 2. The van der Waals surface area contributed by atoms with Crippen LogP contribution in [0.2, 0.25) is 0 Å². The Kier molecular flexibility index (Phi) is 6.34. The molecule has 112 valence electrons. The average molecular weight is 310 g/mol. The number of esters is 1. The molecule has 3 nitrogen and oxygen atoms in total. The molecule has 0 aliphatic carbocycles. The van der Waals surface area contributed by atoms with E-state index in [2.05, 4.69) is 4.74 Å². The monoisotopic (exact) mass is 309 g/mol. The van der Waals surface area contributed by atoms with Gasteiger partial charge < -0.3 is 10.5 Å². The first-order valence-electron chi connectivity index (χ1n) is 6.29. The Morgan fingerprint density at radius 2 is 1.81 bits per heavy atom. The van der Waals surface area contributed by atoms with Crippen LogP contribution in [-0.4, -0.2) is 19.1 Å². The average Bonchev–Trinajstić information content (AvgIpc) is 2.48. The highest BCUT2D eigenvalue weighted by molar-refractivity contribution is 5.85. The molecule has 0 amide bonds. The van der Waals surface area contributed by atoms with Gasteiger partial charge in [-0.05, 0) is 23.6 Å². The van der Waals surface area contributed by atoms with Gasteiger partial charge in [-0.3, -0.25) is 4.79 Å². The fourth-order valence-corrected chi connectivity index (χ4v) is 2.00. The summed E-state index contributed by atoms with van der Waals surface area (Å²) in [6.45, 7) is 0. The molecule has 0 bridgehead atoms. The smallest absolute Gasteiger partial charge is 0.322 e. The molecule has 2 rings (SSSR count). The van der Waals surface area contributed by atoms with Crippen LogP contribution in [0.3, 0.4) is 0 Å². The lowest BCUT2D eigenvalue weighted by molar-refractivity contribution is -0.142. The SMILES string of the molecule is COC(=O)[C@@H](N)Cc1ccc(-c2ccccc2F)cc1.Cl. The molecule has 0 radical (unpaired) electrons. The fraction of sp³-hybridized carbons (Fsp3) is 0.188. The second-order valence-electron chi connectivity index (χ2n) is 4.51. The fourth-order valence-electron chi connectivity index (χ4n) is 2.00. The van der Waals surface area contributed by atoms with Crippen LogP contribution in [0.1, 0.15) is 5.56 Å². The van der Waals surface area contributed by atoms with Crippen molar-refractivity contribution in [3.8, 4) is 11.1 Å². The Morgan fingerprint density at radius 1 is 1.19 bits per heavy atom. The number of nitrogens with two attached hydrogens (primary N) is 1. The van der Waals surface area contributed by atoms with Crippen LogP contribution < -0.4 is 5.73 Å². The summed E-state index contributed by atoms with van der Waals surface area (Å²) in [5.41, 5.74) is 7.95. The van der Waals surface area contributed by atoms with E-state index in [4.69, 9.17) is 5.73 Å². The summed E-state index contributed by atoms with van der Waals surface area (Å²) in [6.07, 6.45) is 0.393. The summed E-state index contributed by atoms with van der Waals surface area (Å²) in [4.78, 5) is 11.3. The van der Waals surface area contributed by atoms with Crippen molar-refractivity contribution in [3.63, 3.8) is 0 Å². The first kappa shape index (κ1) is 17.1. The standard InChI is InChI=1S/C16H16FNO2.ClH/c1-20-16(19)15(18)10-11-6-8-12(9-7-11)13-4-2-3-5-14(13)17;/h2-9,15H,10,18H2,1H3;1H/t15-;/m0./s1. The van der Waals surface area contributed by atoms with Gasteiger partial charge in [0.25, 0.3) is 0 Å². The zero-order chi connectivity index (χ0) is 14.5. The van der Waals surface area contributed by atoms with E-state index < -0.39 is 12.0 Å². The van der Waals surface area contributed by atoms with Crippen LogP contribution in [0.15, 0.2) is 48.5 Å². The lowest BCUT2D eigenvalue weighted by Gasteiger charge is -2.10. The number of ether oxygens (including phenoxy) is 1. The van der Waals surface area contributed by atoms with E-state index in [0.717, 1.165) is 11.1 Å². The van der Waals surface area contributed by atoms with Crippen LogP contribution in [-0.2, 0) is 16.0 Å². The summed E-state index contributed by atoms with van der Waals surface area (Å²) < 4.78 is 18.2. The Labute approximate surface area is 129 Å². The summed E-state index contributed by atoms with van der Waals surface area (Å²) in [6, 6.07) is 13.2. The normalized spacial score (nSPS) is 11.4. The van der Waals surface area contributed by atoms with Crippen molar-refractivity contribution in [1.29, 1.82) is 0 Å². The largest absolute Gasteiger partial charge is 0.468 e. The van der Waals surface area contributed by atoms with Gasteiger partial charge in [0.15, 0.2) is 0 Å². The van der Waals surface area contributed by atoms with Gasteiger partial charge in [-0.2, -0.15) is 0 Å². The van der Waals surface area contributed by atoms with Crippen LogP contribution in [0, 0.1) is 5.82 Å². The van der Waals surface area contributed by atoms with E-state index in [1.165, 1.54) is 13.2 Å². The Hall–Kier alpha value is -1.91. The van der Waals surface area contributed by atoms with E-state index in [1.807, 2.05) is 24.3 Å². The zero-order valence-corrected chi connectivity index (χ0v) is 12.4. The van der Waals surface area contributed by atoms with Gasteiger partial charge in [-0.1, -0.05) is 42.5 Å². The molecular formula is C16H17ClFNO2. The van der Waals surface area contributed by atoms with Crippen molar-refractivity contribution in [3.05, 3.63) is 59.9 Å². The molecule has 0 saturated carbocycles. The first-order chi connectivity index (χ1) is 9.61. The number of carbonyl (C=O) groups excluding carboxylic acids is 1. The van der Waals surface area contributed by atoms with E-state index in [-0.39, 0.29) is 18.2 Å². The van der Waals surface area contributed by atoms with Gasteiger partial charge in [0.2, 0.25) is 0 Å². The molecule has 0 heterocycles. The van der Waals surface area contributed by atoms with Crippen molar-refractivity contribution in [2.75, 3.05) is 7.11 Å². The maximum Gasteiger partial charge on any atom is 0.322 e. The number of benzene rings is 2. The number of rotatable bonds is 4. The molecule has 0 aliphatic rings. The molecule has 5 heteroatoms. The molecular weight excluding hydrogens is 293 g/mol. The van der Waals surface area contributed by atoms with Crippen LogP contribution in [0.5, 0.6) is 0 Å². The molecule has 2 aromatic carbocycles. The molecule has 21 heavy (non-hydrogen) atoms. The molecule has 0 fully saturated rings. The van der Waals surface area contributed by atoms with E-state index in [0.29, 0.717) is 12.0 Å². The summed E-state index contributed by atoms with van der Waals surface area (Å²) >= 11 is 0. The highest BCUT2D eigenvalue weighted by atomic mass is 35.5. The molecule has 0 aromatic heterocycles. The van der Waals surface area contributed by atoms with Crippen molar-refractivity contribution in [2.24, 2.45) is 5.73 Å². The van der Waals surface area contributed by atoms with Crippen molar-refractivity contribution in [2.45, 2.75) is 12.5 Å². The van der Waals surface area contributed by atoms with Gasteiger partial charge >= 0.3 is 5.97 Å². The second kappa shape index (κ2) is 7.76. The highest BCUT2D eigenvalue weighted by Gasteiger charge is 2.14. The third-order valence-electron chi connectivity index (χ3n) is 3.10.